The first-order valence-corrected chi connectivity index (χ1v) is 11.6. The number of hydrogen-bond acceptors (Lipinski definition) is 2. The molecular weight excluding hydrogens is 472 g/mol. The third-order valence-corrected chi connectivity index (χ3v) is 6.79. The largest absolute Gasteiger partial charge is 0.456 e. The summed E-state index contributed by atoms with van der Waals surface area (Å²) in [5.41, 5.74) is 6.49. The van der Waals surface area contributed by atoms with Gasteiger partial charge in [0.05, 0.1) is 11.0 Å². The summed E-state index contributed by atoms with van der Waals surface area (Å²) in [4.78, 5) is 4.66. The molecule has 0 saturated carbocycles. The van der Waals surface area contributed by atoms with E-state index in [1.807, 2.05) is 30.5 Å². The quantitative estimate of drug-likeness (QED) is 0.244. The van der Waals surface area contributed by atoms with Crippen molar-refractivity contribution in [2.24, 2.45) is 0 Å². The lowest BCUT2D eigenvalue weighted by atomic mass is 10.0. The molecule has 0 amide bonds. The van der Waals surface area contributed by atoms with E-state index in [1.165, 1.54) is 21.9 Å². The van der Waals surface area contributed by atoms with E-state index < -0.39 is 0 Å². The molecular formula is C29H17BrN2O. The third-order valence-electron chi connectivity index (χ3n) is 6.32. The van der Waals surface area contributed by atoms with Gasteiger partial charge in [0.15, 0.2) is 0 Å². The fourth-order valence-electron chi connectivity index (χ4n) is 4.81. The van der Waals surface area contributed by atoms with Gasteiger partial charge in [0.1, 0.15) is 17.0 Å². The van der Waals surface area contributed by atoms with E-state index in [2.05, 4.69) is 98.3 Å². The van der Waals surface area contributed by atoms with Gasteiger partial charge in [-0.05, 0) is 75.6 Å². The van der Waals surface area contributed by atoms with Crippen LogP contribution in [0, 0.1) is 0 Å². The van der Waals surface area contributed by atoms with Crippen LogP contribution in [0.4, 0.5) is 0 Å². The molecule has 0 spiro atoms. The Labute approximate surface area is 198 Å². The Morgan fingerprint density at radius 2 is 1.30 bits per heavy atom. The molecule has 0 N–H and O–H groups in total. The number of benzene rings is 4. The average Bonchev–Trinajstić information content (AvgIpc) is 3.39. The highest BCUT2D eigenvalue weighted by molar-refractivity contribution is 9.10. The summed E-state index contributed by atoms with van der Waals surface area (Å²) >= 11 is 3.49. The maximum Gasteiger partial charge on any atom is 0.137 e. The minimum atomic E-state index is 0.906. The van der Waals surface area contributed by atoms with Gasteiger partial charge in [0.25, 0.3) is 0 Å². The van der Waals surface area contributed by atoms with E-state index in [-0.39, 0.29) is 0 Å². The second-order valence-electron chi connectivity index (χ2n) is 8.23. The summed E-state index contributed by atoms with van der Waals surface area (Å²) in [5.74, 6) is 0.906. The second-order valence-corrected chi connectivity index (χ2v) is 9.14. The van der Waals surface area contributed by atoms with Crippen LogP contribution in [0.25, 0.3) is 60.7 Å². The van der Waals surface area contributed by atoms with Crippen LogP contribution < -0.4 is 0 Å². The van der Waals surface area contributed by atoms with Crippen molar-refractivity contribution >= 4 is 59.7 Å². The van der Waals surface area contributed by atoms with Crippen molar-refractivity contribution in [3.63, 3.8) is 0 Å². The normalized spacial score (nSPS) is 11.8. The fourth-order valence-corrected chi connectivity index (χ4v) is 5.04. The highest BCUT2D eigenvalue weighted by atomic mass is 79.9. The second kappa shape index (κ2) is 7.06. The van der Waals surface area contributed by atoms with Gasteiger partial charge < -0.3 is 4.42 Å². The number of rotatable bonds is 2. The number of hydrogen-bond donors (Lipinski definition) is 0. The van der Waals surface area contributed by atoms with E-state index in [9.17, 15) is 0 Å². The summed E-state index contributed by atoms with van der Waals surface area (Å²) in [6.07, 6.45) is 1.84. The molecule has 0 atom stereocenters. The molecule has 0 aliphatic rings. The van der Waals surface area contributed by atoms with E-state index in [4.69, 9.17) is 4.42 Å². The van der Waals surface area contributed by atoms with Crippen LogP contribution in [0.5, 0.6) is 0 Å². The monoisotopic (exact) mass is 488 g/mol. The van der Waals surface area contributed by atoms with Gasteiger partial charge >= 0.3 is 0 Å². The van der Waals surface area contributed by atoms with Gasteiger partial charge in [-0.2, -0.15) is 0 Å². The first kappa shape index (κ1) is 18.7. The van der Waals surface area contributed by atoms with Crippen molar-refractivity contribution < 1.29 is 4.42 Å². The van der Waals surface area contributed by atoms with Crippen molar-refractivity contribution in [3.8, 4) is 16.9 Å². The van der Waals surface area contributed by atoms with Crippen molar-refractivity contribution in [1.82, 2.24) is 9.55 Å². The van der Waals surface area contributed by atoms with Crippen LogP contribution in [0.3, 0.4) is 0 Å². The van der Waals surface area contributed by atoms with Crippen LogP contribution in [0.2, 0.25) is 0 Å². The first-order valence-electron chi connectivity index (χ1n) is 10.8. The molecule has 33 heavy (non-hydrogen) atoms. The molecule has 7 aromatic rings. The summed E-state index contributed by atoms with van der Waals surface area (Å²) in [6.45, 7) is 0. The van der Waals surface area contributed by atoms with Crippen LogP contribution >= 0.6 is 15.9 Å². The summed E-state index contributed by atoms with van der Waals surface area (Å²) in [7, 11) is 0. The van der Waals surface area contributed by atoms with E-state index >= 15 is 0 Å². The van der Waals surface area contributed by atoms with E-state index in [1.54, 1.807) is 0 Å². The number of fused-ring (bicyclic) bond motifs is 6. The van der Waals surface area contributed by atoms with Crippen molar-refractivity contribution in [3.05, 3.63) is 108 Å². The number of furan rings is 1. The zero-order valence-electron chi connectivity index (χ0n) is 17.5. The Kier molecular flexibility index (Phi) is 3.99. The molecule has 0 aliphatic carbocycles. The predicted octanol–water partition coefficient (Wildman–Crippen LogP) is 8.51. The van der Waals surface area contributed by atoms with Gasteiger partial charge in [-0.3, -0.25) is 4.57 Å². The lowest BCUT2D eigenvalue weighted by Crippen LogP contribution is -1.96. The Bertz CT molecular complexity index is 1830. The van der Waals surface area contributed by atoms with Crippen LogP contribution in [0.1, 0.15) is 0 Å². The number of nitrogens with zero attached hydrogens (tertiary/aromatic N) is 2. The maximum atomic E-state index is 6.02. The first-order chi connectivity index (χ1) is 16.3. The molecule has 7 rings (SSSR count). The molecule has 0 aliphatic heterocycles. The van der Waals surface area contributed by atoms with Gasteiger partial charge in [0, 0.05) is 32.2 Å². The molecule has 0 unspecified atom stereocenters. The van der Waals surface area contributed by atoms with E-state index in [0.717, 1.165) is 43.3 Å². The van der Waals surface area contributed by atoms with Crippen LogP contribution in [-0.4, -0.2) is 9.55 Å². The lowest BCUT2D eigenvalue weighted by molar-refractivity contribution is 0.669. The smallest absolute Gasteiger partial charge is 0.137 e. The van der Waals surface area contributed by atoms with Crippen molar-refractivity contribution in [2.45, 2.75) is 0 Å². The molecule has 0 radical (unpaired) electrons. The van der Waals surface area contributed by atoms with Crippen LogP contribution in [0.15, 0.2) is 112 Å². The highest BCUT2D eigenvalue weighted by Gasteiger charge is 2.14. The summed E-state index contributed by atoms with van der Waals surface area (Å²) in [6, 6.07) is 33.9. The Balaban J connectivity index is 1.47. The number of para-hydroxylation sites is 2. The Morgan fingerprint density at radius 1 is 0.606 bits per heavy atom. The SMILES string of the molecule is Brc1ccc(-n2c3ccccc3c3cc(-c4ccc5oc6ccccc6c5c4)ccc32)nc1. The third kappa shape index (κ3) is 2.84. The highest BCUT2D eigenvalue weighted by Crippen LogP contribution is 2.36. The molecule has 0 bridgehead atoms. The predicted molar refractivity (Wildman–Crippen MR) is 139 cm³/mol. The van der Waals surface area contributed by atoms with Gasteiger partial charge in [-0.15, -0.1) is 0 Å². The molecule has 4 aromatic carbocycles. The number of pyridine rings is 1. The molecule has 0 saturated heterocycles. The van der Waals surface area contributed by atoms with Gasteiger partial charge in [-0.1, -0.05) is 48.5 Å². The fraction of sp³-hybridized carbons (Fsp3) is 0. The lowest BCUT2D eigenvalue weighted by Gasteiger charge is -2.07. The van der Waals surface area contributed by atoms with Crippen molar-refractivity contribution in [1.29, 1.82) is 0 Å². The standard InChI is InChI=1S/C29H17BrN2O/c30-20-11-14-29(31-17-20)32-25-7-3-1-5-21(25)23-15-18(9-12-26(23)32)19-10-13-28-24(16-19)22-6-2-4-8-27(22)33-28/h1-17H. The zero-order valence-corrected chi connectivity index (χ0v) is 19.1. The van der Waals surface area contributed by atoms with Crippen molar-refractivity contribution in [2.75, 3.05) is 0 Å². The Morgan fingerprint density at radius 3 is 2.15 bits per heavy atom. The van der Waals surface area contributed by atoms with E-state index in [0.29, 0.717) is 0 Å². The minimum absolute atomic E-state index is 0.906. The Hall–Kier alpha value is -3.89. The molecule has 0 fully saturated rings. The molecule has 3 nitrogen and oxygen atoms in total. The van der Waals surface area contributed by atoms with Gasteiger partial charge in [0.2, 0.25) is 0 Å². The molecule has 3 heterocycles. The van der Waals surface area contributed by atoms with Crippen LogP contribution in [-0.2, 0) is 0 Å². The average molecular weight is 489 g/mol. The maximum absolute atomic E-state index is 6.02. The number of aromatic nitrogens is 2. The molecule has 3 aromatic heterocycles. The number of halogens is 1. The summed E-state index contributed by atoms with van der Waals surface area (Å²) in [5, 5.41) is 4.72. The topological polar surface area (TPSA) is 31.0 Å². The molecule has 156 valence electrons. The summed E-state index contributed by atoms with van der Waals surface area (Å²) < 4.78 is 9.22. The van der Waals surface area contributed by atoms with Gasteiger partial charge in [-0.25, -0.2) is 4.98 Å². The zero-order chi connectivity index (χ0) is 21.9. The minimum Gasteiger partial charge on any atom is -0.456 e. The molecule has 4 heteroatoms.